The number of rotatable bonds is 4. The SMILES string of the molecule is CCC(C)NCc1ccc(Br)c(N)c1. The molecule has 0 aliphatic carbocycles. The van der Waals surface area contributed by atoms with Gasteiger partial charge in [0.2, 0.25) is 0 Å². The zero-order valence-corrected chi connectivity index (χ0v) is 10.3. The van der Waals surface area contributed by atoms with Crippen LogP contribution in [0.5, 0.6) is 0 Å². The monoisotopic (exact) mass is 256 g/mol. The molecule has 1 atom stereocenters. The first-order valence-corrected chi connectivity index (χ1v) is 5.70. The molecular formula is C11H17BrN2. The highest BCUT2D eigenvalue weighted by Crippen LogP contribution is 2.20. The van der Waals surface area contributed by atoms with Gasteiger partial charge in [0.15, 0.2) is 0 Å². The number of nitrogens with two attached hydrogens (primary N) is 1. The molecule has 0 aliphatic heterocycles. The molecule has 0 fully saturated rings. The van der Waals surface area contributed by atoms with Crippen molar-refractivity contribution >= 4 is 21.6 Å². The molecule has 3 heteroatoms. The fraction of sp³-hybridized carbons (Fsp3) is 0.455. The van der Waals surface area contributed by atoms with Crippen LogP contribution in [0.1, 0.15) is 25.8 Å². The van der Waals surface area contributed by atoms with Gasteiger partial charge < -0.3 is 11.1 Å². The zero-order chi connectivity index (χ0) is 10.6. The van der Waals surface area contributed by atoms with E-state index in [0.29, 0.717) is 6.04 Å². The van der Waals surface area contributed by atoms with E-state index in [9.17, 15) is 0 Å². The molecule has 0 aromatic heterocycles. The van der Waals surface area contributed by atoms with E-state index in [2.05, 4.69) is 41.2 Å². The molecule has 1 unspecified atom stereocenters. The molecule has 0 heterocycles. The van der Waals surface area contributed by atoms with Crippen molar-refractivity contribution < 1.29 is 0 Å². The summed E-state index contributed by atoms with van der Waals surface area (Å²) < 4.78 is 0.963. The Morgan fingerprint density at radius 3 is 2.79 bits per heavy atom. The Kier molecular flexibility index (Phi) is 4.42. The van der Waals surface area contributed by atoms with Gasteiger partial charge in [0.25, 0.3) is 0 Å². The summed E-state index contributed by atoms with van der Waals surface area (Å²) in [4.78, 5) is 0. The Morgan fingerprint density at radius 1 is 1.50 bits per heavy atom. The normalized spacial score (nSPS) is 12.8. The van der Waals surface area contributed by atoms with Crippen molar-refractivity contribution in [1.82, 2.24) is 5.32 Å². The minimum Gasteiger partial charge on any atom is -0.398 e. The van der Waals surface area contributed by atoms with E-state index in [1.54, 1.807) is 0 Å². The van der Waals surface area contributed by atoms with Crippen LogP contribution in [0.25, 0.3) is 0 Å². The highest BCUT2D eigenvalue weighted by molar-refractivity contribution is 9.10. The molecule has 3 N–H and O–H groups in total. The standard InChI is InChI=1S/C11H17BrN2/c1-3-8(2)14-7-9-4-5-10(12)11(13)6-9/h4-6,8,14H,3,7,13H2,1-2H3. The van der Waals surface area contributed by atoms with Crippen molar-refractivity contribution in [2.24, 2.45) is 0 Å². The van der Waals surface area contributed by atoms with E-state index in [4.69, 9.17) is 5.73 Å². The minimum atomic E-state index is 0.555. The van der Waals surface area contributed by atoms with Crippen molar-refractivity contribution in [3.05, 3.63) is 28.2 Å². The Labute approximate surface area is 94.0 Å². The summed E-state index contributed by atoms with van der Waals surface area (Å²) >= 11 is 3.38. The summed E-state index contributed by atoms with van der Waals surface area (Å²) in [6, 6.07) is 6.62. The van der Waals surface area contributed by atoms with E-state index in [1.165, 1.54) is 5.56 Å². The van der Waals surface area contributed by atoms with Crippen LogP contribution in [0.2, 0.25) is 0 Å². The van der Waals surface area contributed by atoms with Crippen molar-refractivity contribution in [2.45, 2.75) is 32.9 Å². The van der Waals surface area contributed by atoms with Gasteiger partial charge in [0.1, 0.15) is 0 Å². The fourth-order valence-electron chi connectivity index (χ4n) is 1.14. The number of hydrogen-bond donors (Lipinski definition) is 2. The summed E-state index contributed by atoms with van der Waals surface area (Å²) in [6.07, 6.45) is 1.14. The molecule has 0 bridgehead atoms. The third-order valence-electron chi connectivity index (χ3n) is 2.33. The molecule has 0 spiro atoms. The summed E-state index contributed by atoms with van der Waals surface area (Å²) in [5, 5.41) is 3.42. The molecule has 2 nitrogen and oxygen atoms in total. The molecule has 0 aliphatic rings. The van der Waals surface area contributed by atoms with Gasteiger partial charge in [-0.2, -0.15) is 0 Å². The van der Waals surface area contributed by atoms with Crippen LogP contribution in [0, 0.1) is 0 Å². The number of anilines is 1. The van der Waals surface area contributed by atoms with E-state index in [0.717, 1.165) is 23.1 Å². The molecule has 0 saturated carbocycles. The minimum absolute atomic E-state index is 0.555. The van der Waals surface area contributed by atoms with E-state index >= 15 is 0 Å². The quantitative estimate of drug-likeness (QED) is 0.814. The fourth-order valence-corrected chi connectivity index (χ4v) is 1.39. The van der Waals surface area contributed by atoms with Crippen LogP contribution in [-0.4, -0.2) is 6.04 Å². The number of nitrogens with one attached hydrogen (secondary N) is 1. The second-order valence-electron chi connectivity index (χ2n) is 3.55. The van der Waals surface area contributed by atoms with Crippen LogP contribution >= 0.6 is 15.9 Å². The van der Waals surface area contributed by atoms with Crippen LogP contribution in [-0.2, 0) is 6.54 Å². The van der Waals surface area contributed by atoms with Crippen molar-refractivity contribution in [2.75, 3.05) is 5.73 Å². The molecule has 0 saturated heterocycles. The maximum Gasteiger partial charge on any atom is 0.0461 e. The summed E-state index contributed by atoms with van der Waals surface area (Å²) in [6.45, 7) is 5.24. The predicted octanol–water partition coefficient (Wildman–Crippen LogP) is 2.92. The molecule has 1 rings (SSSR count). The summed E-state index contributed by atoms with van der Waals surface area (Å²) in [5.74, 6) is 0. The lowest BCUT2D eigenvalue weighted by Gasteiger charge is -2.11. The lowest BCUT2D eigenvalue weighted by Crippen LogP contribution is -2.24. The van der Waals surface area contributed by atoms with Crippen molar-refractivity contribution in [3.63, 3.8) is 0 Å². The van der Waals surface area contributed by atoms with Gasteiger partial charge in [0.05, 0.1) is 0 Å². The average Bonchev–Trinajstić information content (AvgIpc) is 2.19. The van der Waals surface area contributed by atoms with Gasteiger partial charge in [-0.1, -0.05) is 13.0 Å². The third-order valence-corrected chi connectivity index (χ3v) is 3.05. The van der Waals surface area contributed by atoms with Crippen LogP contribution in [0.3, 0.4) is 0 Å². The van der Waals surface area contributed by atoms with Crippen LogP contribution < -0.4 is 11.1 Å². The van der Waals surface area contributed by atoms with Gasteiger partial charge in [0, 0.05) is 22.7 Å². The molecule has 0 radical (unpaired) electrons. The van der Waals surface area contributed by atoms with Gasteiger partial charge in [-0.25, -0.2) is 0 Å². The summed E-state index contributed by atoms with van der Waals surface area (Å²) in [5.41, 5.74) is 7.81. The second kappa shape index (κ2) is 5.37. The topological polar surface area (TPSA) is 38.0 Å². The predicted molar refractivity (Wildman–Crippen MR) is 65.1 cm³/mol. The number of hydrogen-bond acceptors (Lipinski definition) is 2. The first-order valence-electron chi connectivity index (χ1n) is 4.90. The molecule has 0 amide bonds. The number of halogens is 1. The number of benzene rings is 1. The zero-order valence-electron chi connectivity index (χ0n) is 8.68. The van der Waals surface area contributed by atoms with Crippen molar-refractivity contribution in [3.8, 4) is 0 Å². The maximum atomic E-state index is 5.78. The number of nitrogen functional groups attached to an aromatic ring is 1. The second-order valence-corrected chi connectivity index (χ2v) is 4.40. The Hall–Kier alpha value is -0.540. The molecule has 1 aromatic carbocycles. The molecule has 78 valence electrons. The Bertz CT molecular complexity index is 299. The molecular weight excluding hydrogens is 240 g/mol. The van der Waals surface area contributed by atoms with Gasteiger partial charge in [-0.15, -0.1) is 0 Å². The highest BCUT2D eigenvalue weighted by atomic mass is 79.9. The van der Waals surface area contributed by atoms with Crippen LogP contribution in [0.15, 0.2) is 22.7 Å². The van der Waals surface area contributed by atoms with Gasteiger partial charge >= 0.3 is 0 Å². The first kappa shape index (κ1) is 11.5. The maximum absolute atomic E-state index is 5.78. The van der Waals surface area contributed by atoms with Gasteiger partial charge in [-0.3, -0.25) is 0 Å². The van der Waals surface area contributed by atoms with Crippen LogP contribution in [0.4, 0.5) is 5.69 Å². The lowest BCUT2D eigenvalue weighted by atomic mass is 10.2. The largest absolute Gasteiger partial charge is 0.398 e. The third kappa shape index (κ3) is 3.31. The van der Waals surface area contributed by atoms with E-state index < -0.39 is 0 Å². The highest BCUT2D eigenvalue weighted by Gasteiger charge is 2.00. The van der Waals surface area contributed by atoms with E-state index in [1.807, 2.05) is 12.1 Å². The summed E-state index contributed by atoms with van der Waals surface area (Å²) in [7, 11) is 0. The van der Waals surface area contributed by atoms with Gasteiger partial charge in [-0.05, 0) is 47.0 Å². The van der Waals surface area contributed by atoms with E-state index in [-0.39, 0.29) is 0 Å². The Morgan fingerprint density at radius 2 is 2.21 bits per heavy atom. The average molecular weight is 257 g/mol. The van der Waals surface area contributed by atoms with Crippen molar-refractivity contribution in [1.29, 1.82) is 0 Å². The first-order chi connectivity index (χ1) is 6.63. The molecule has 1 aromatic rings. The lowest BCUT2D eigenvalue weighted by molar-refractivity contribution is 0.534. The smallest absolute Gasteiger partial charge is 0.0461 e. The molecule has 14 heavy (non-hydrogen) atoms. The Balaban J connectivity index is 2.55.